The average Bonchev–Trinajstić information content (AvgIpc) is 2.64. The molecule has 0 N–H and O–H groups in total. The fourth-order valence-corrected chi connectivity index (χ4v) is 3.32. The SMILES string of the molecule is CCCCCCCCCCCCCCCN([O-])CCc1ccccc1. The first kappa shape index (κ1) is 22.2. The van der Waals surface area contributed by atoms with Gasteiger partial charge < -0.3 is 10.3 Å². The molecular formula is C23H40NO-. The minimum Gasteiger partial charge on any atom is -0.785 e. The fraction of sp³-hybridized carbons (Fsp3) is 0.739. The molecule has 144 valence electrons. The van der Waals surface area contributed by atoms with Crippen LogP contribution >= 0.6 is 0 Å². The van der Waals surface area contributed by atoms with Crippen molar-refractivity contribution in [2.75, 3.05) is 13.1 Å². The van der Waals surface area contributed by atoms with Gasteiger partial charge in [0.1, 0.15) is 0 Å². The second kappa shape index (κ2) is 16.6. The van der Waals surface area contributed by atoms with Gasteiger partial charge in [0.25, 0.3) is 0 Å². The lowest BCUT2D eigenvalue weighted by molar-refractivity contribution is 0.366. The van der Waals surface area contributed by atoms with E-state index in [1.807, 2.05) is 18.2 Å². The highest BCUT2D eigenvalue weighted by molar-refractivity contribution is 5.14. The van der Waals surface area contributed by atoms with Gasteiger partial charge in [-0.25, -0.2) is 0 Å². The molecule has 0 heterocycles. The average molecular weight is 347 g/mol. The van der Waals surface area contributed by atoms with Crippen LogP contribution in [0.25, 0.3) is 0 Å². The quantitative estimate of drug-likeness (QED) is 0.222. The smallest absolute Gasteiger partial charge is 0.0103 e. The van der Waals surface area contributed by atoms with Crippen molar-refractivity contribution in [3.63, 3.8) is 0 Å². The Morgan fingerprint density at radius 1 is 0.640 bits per heavy atom. The van der Waals surface area contributed by atoms with Crippen LogP contribution in [0.3, 0.4) is 0 Å². The lowest BCUT2D eigenvalue weighted by atomic mass is 10.0. The van der Waals surface area contributed by atoms with Crippen molar-refractivity contribution < 1.29 is 0 Å². The van der Waals surface area contributed by atoms with E-state index in [0.717, 1.165) is 12.8 Å². The highest BCUT2D eigenvalue weighted by Crippen LogP contribution is 2.12. The third kappa shape index (κ3) is 14.0. The summed E-state index contributed by atoms with van der Waals surface area (Å²) in [6, 6.07) is 10.3. The molecule has 0 aromatic heterocycles. The minimum atomic E-state index is 0.627. The van der Waals surface area contributed by atoms with Gasteiger partial charge in [-0.15, -0.1) is 0 Å². The van der Waals surface area contributed by atoms with Gasteiger partial charge in [-0.2, -0.15) is 0 Å². The van der Waals surface area contributed by atoms with Gasteiger partial charge in [0.05, 0.1) is 0 Å². The van der Waals surface area contributed by atoms with E-state index in [9.17, 15) is 5.21 Å². The lowest BCUT2D eigenvalue weighted by Gasteiger charge is -2.28. The Morgan fingerprint density at radius 2 is 1.12 bits per heavy atom. The van der Waals surface area contributed by atoms with Crippen LogP contribution in [0.2, 0.25) is 0 Å². The molecule has 0 radical (unpaired) electrons. The van der Waals surface area contributed by atoms with Crippen LogP contribution in [0.5, 0.6) is 0 Å². The van der Waals surface area contributed by atoms with Crippen LogP contribution in [0.1, 0.15) is 96.0 Å². The van der Waals surface area contributed by atoms with Crippen molar-refractivity contribution in [1.82, 2.24) is 5.06 Å². The Kier molecular flexibility index (Phi) is 14.7. The molecule has 0 atom stereocenters. The second-order valence-corrected chi connectivity index (χ2v) is 7.41. The fourth-order valence-electron chi connectivity index (χ4n) is 3.32. The molecular weight excluding hydrogens is 306 g/mol. The second-order valence-electron chi connectivity index (χ2n) is 7.41. The molecule has 0 aliphatic heterocycles. The standard InChI is InChI=1S/C23H40NO/c1-2-3-4-5-6-7-8-9-10-11-12-13-17-21-24(25)22-20-23-18-15-14-16-19-23/h14-16,18-19H,2-13,17,20-22H2,1H3/q-1. The molecule has 0 saturated carbocycles. The molecule has 0 fully saturated rings. The van der Waals surface area contributed by atoms with Gasteiger partial charge in [0, 0.05) is 0 Å². The van der Waals surface area contributed by atoms with Crippen molar-refractivity contribution >= 4 is 0 Å². The van der Waals surface area contributed by atoms with Crippen molar-refractivity contribution in [3.8, 4) is 0 Å². The third-order valence-corrected chi connectivity index (χ3v) is 5.00. The molecule has 25 heavy (non-hydrogen) atoms. The van der Waals surface area contributed by atoms with E-state index in [4.69, 9.17) is 0 Å². The Bertz CT molecular complexity index is 379. The number of nitrogens with zero attached hydrogens (tertiary/aromatic N) is 1. The predicted molar refractivity (Wildman–Crippen MR) is 111 cm³/mol. The molecule has 0 amide bonds. The summed E-state index contributed by atoms with van der Waals surface area (Å²) in [6.45, 7) is 3.60. The van der Waals surface area contributed by atoms with E-state index < -0.39 is 0 Å². The van der Waals surface area contributed by atoms with Crippen molar-refractivity contribution in [3.05, 3.63) is 41.1 Å². The van der Waals surface area contributed by atoms with Gasteiger partial charge in [-0.3, -0.25) is 0 Å². The number of unbranched alkanes of at least 4 members (excludes halogenated alkanes) is 12. The van der Waals surface area contributed by atoms with Crippen molar-refractivity contribution in [2.45, 2.75) is 96.8 Å². The van der Waals surface area contributed by atoms with Crippen LogP contribution in [0.4, 0.5) is 0 Å². The van der Waals surface area contributed by atoms with Gasteiger partial charge in [-0.05, 0) is 31.5 Å². The Morgan fingerprint density at radius 3 is 1.64 bits per heavy atom. The monoisotopic (exact) mass is 346 g/mol. The number of hydrogen-bond acceptors (Lipinski definition) is 2. The lowest BCUT2D eigenvalue weighted by Crippen LogP contribution is -2.20. The number of rotatable bonds is 17. The summed E-state index contributed by atoms with van der Waals surface area (Å²) in [7, 11) is 0. The number of benzene rings is 1. The summed E-state index contributed by atoms with van der Waals surface area (Å²) in [5.41, 5.74) is 1.26. The van der Waals surface area contributed by atoms with Gasteiger partial charge >= 0.3 is 0 Å². The summed E-state index contributed by atoms with van der Waals surface area (Å²) in [4.78, 5) is 0. The van der Waals surface area contributed by atoms with E-state index in [0.29, 0.717) is 13.1 Å². The van der Waals surface area contributed by atoms with Crippen molar-refractivity contribution in [2.24, 2.45) is 0 Å². The highest BCUT2D eigenvalue weighted by Gasteiger charge is 1.96. The van der Waals surface area contributed by atoms with Gasteiger partial charge in [0.15, 0.2) is 0 Å². The predicted octanol–water partition coefficient (Wildman–Crippen LogP) is 7.12. The highest BCUT2D eigenvalue weighted by atomic mass is 16.5. The largest absolute Gasteiger partial charge is 0.785 e. The Hall–Kier alpha value is -0.860. The molecule has 1 rings (SSSR count). The van der Waals surface area contributed by atoms with E-state index in [-0.39, 0.29) is 0 Å². The molecule has 0 aliphatic carbocycles. The topological polar surface area (TPSA) is 26.3 Å². The van der Waals surface area contributed by atoms with Crippen LogP contribution in [-0.4, -0.2) is 18.2 Å². The maximum atomic E-state index is 11.8. The normalized spacial score (nSPS) is 11.3. The van der Waals surface area contributed by atoms with Crippen LogP contribution in [0, 0.1) is 5.21 Å². The minimum absolute atomic E-state index is 0.627. The van der Waals surface area contributed by atoms with Gasteiger partial charge in [-0.1, -0.05) is 114 Å². The molecule has 0 aliphatic rings. The first-order chi connectivity index (χ1) is 12.3. The maximum absolute atomic E-state index is 11.8. The Labute approximate surface area is 156 Å². The summed E-state index contributed by atoms with van der Waals surface area (Å²) in [5, 5.41) is 13.1. The first-order valence-electron chi connectivity index (χ1n) is 10.8. The van der Waals surface area contributed by atoms with E-state index in [1.165, 1.54) is 87.7 Å². The molecule has 0 saturated heterocycles. The first-order valence-corrected chi connectivity index (χ1v) is 10.8. The van der Waals surface area contributed by atoms with Crippen LogP contribution in [-0.2, 0) is 6.42 Å². The van der Waals surface area contributed by atoms with Crippen LogP contribution < -0.4 is 0 Å². The van der Waals surface area contributed by atoms with Crippen molar-refractivity contribution in [1.29, 1.82) is 0 Å². The van der Waals surface area contributed by atoms with Gasteiger partial charge in [0.2, 0.25) is 0 Å². The summed E-state index contributed by atoms with van der Waals surface area (Å²) in [5.74, 6) is 0. The zero-order chi connectivity index (χ0) is 18.0. The molecule has 1 aromatic carbocycles. The molecule has 0 unspecified atom stereocenters. The summed E-state index contributed by atoms with van der Waals surface area (Å²) >= 11 is 0. The zero-order valence-corrected chi connectivity index (χ0v) is 16.6. The van der Waals surface area contributed by atoms with E-state index in [1.54, 1.807) is 0 Å². The summed E-state index contributed by atoms with van der Waals surface area (Å²) < 4.78 is 0. The zero-order valence-electron chi connectivity index (χ0n) is 16.6. The maximum Gasteiger partial charge on any atom is -0.0103 e. The molecule has 0 bridgehead atoms. The summed E-state index contributed by atoms with van der Waals surface area (Å²) in [6.07, 6.45) is 18.4. The molecule has 0 spiro atoms. The number of hydroxylamine groups is 2. The van der Waals surface area contributed by atoms with Crippen LogP contribution in [0.15, 0.2) is 30.3 Å². The Balaban J connectivity index is 1.79. The third-order valence-electron chi connectivity index (χ3n) is 5.00. The molecule has 2 nitrogen and oxygen atoms in total. The molecule has 2 heteroatoms. The van der Waals surface area contributed by atoms with E-state index >= 15 is 0 Å². The molecule has 1 aromatic rings. The van der Waals surface area contributed by atoms with E-state index in [2.05, 4.69) is 19.1 Å². The number of hydrogen-bond donors (Lipinski definition) is 0.